The summed E-state index contributed by atoms with van der Waals surface area (Å²) < 4.78 is 6.93. The van der Waals surface area contributed by atoms with Crippen molar-refractivity contribution in [2.24, 2.45) is 0 Å². The largest absolute Gasteiger partial charge is 0.496 e. The zero-order chi connectivity index (χ0) is 22.8. The number of para-hydroxylation sites is 1. The van der Waals surface area contributed by atoms with Crippen LogP contribution in [-0.2, 0) is 0 Å². The predicted octanol–water partition coefficient (Wildman–Crippen LogP) is 3.37. The van der Waals surface area contributed by atoms with Gasteiger partial charge in [0.25, 0.3) is 11.6 Å². The van der Waals surface area contributed by atoms with Gasteiger partial charge in [0.15, 0.2) is 0 Å². The Kier molecular flexibility index (Phi) is 5.81. The number of carbonyl (C=O) groups is 1. The highest BCUT2D eigenvalue weighted by atomic mass is 16.6. The van der Waals surface area contributed by atoms with E-state index in [9.17, 15) is 14.9 Å². The van der Waals surface area contributed by atoms with Gasteiger partial charge in [0.05, 0.1) is 23.3 Å². The first kappa shape index (κ1) is 21.4. The first-order valence-corrected chi connectivity index (χ1v) is 10.4. The highest BCUT2D eigenvalue weighted by Gasteiger charge is 2.26. The highest BCUT2D eigenvalue weighted by molar-refractivity contribution is 5.97. The molecular weight excluding hydrogens is 410 g/mol. The van der Waals surface area contributed by atoms with Crippen molar-refractivity contribution < 1.29 is 14.5 Å². The summed E-state index contributed by atoms with van der Waals surface area (Å²) in [6.45, 7) is 6.06. The summed E-state index contributed by atoms with van der Waals surface area (Å²) >= 11 is 0. The number of benzene rings is 2. The average Bonchev–Trinajstić information content (AvgIpc) is 3.15. The Hall–Kier alpha value is -3.88. The first-order chi connectivity index (χ1) is 15.4. The molecule has 0 atom stereocenters. The van der Waals surface area contributed by atoms with E-state index in [-0.39, 0.29) is 16.5 Å². The van der Waals surface area contributed by atoms with Crippen LogP contribution in [0.5, 0.6) is 5.75 Å². The molecule has 1 aliphatic heterocycles. The lowest BCUT2D eigenvalue weighted by Gasteiger charge is -2.36. The molecule has 4 rings (SSSR count). The van der Waals surface area contributed by atoms with Crippen LogP contribution >= 0.6 is 0 Å². The molecule has 2 aromatic carbocycles. The summed E-state index contributed by atoms with van der Waals surface area (Å²) in [6, 6.07) is 14.2. The summed E-state index contributed by atoms with van der Waals surface area (Å²) in [5.41, 5.74) is 3.48. The number of amides is 1. The maximum Gasteiger partial charge on any atom is 0.295 e. The number of aryl methyl sites for hydroxylation is 2. The summed E-state index contributed by atoms with van der Waals surface area (Å²) in [5.74, 6) is 0.499. The van der Waals surface area contributed by atoms with Crippen molar-refractivity contribution in [3.8, 4) is 11.4 Å². The van der Waals surface area contributed by atoms with E-state index in [0.717, 1.165) is 17.1 Å². The SMILES string of the molecule is COc1ccccc1C(=O)N1CCN(c2ccc([N+](=O)[O-])c(-n3nc(C)cc3C)c2)CC1. The van der Waals surface area contributed by atoms with Crippen LogP contribution in [0, 0.1) is 24.0 Å². The molecule has 0 aliphatic carbocycles. The number of piperazine rings is 1. The molecule has 1 fully saturated rings. The molecule has 166 valence electrons. The number of nitro groups is 1. The molecule has 1 aliphatic rings. The second-order valence-corrected chi connectivity index (χ2v) is 7.75. The van der Waals surface area contributed by atoms with Crippen molar-refractivity contribution in [3.05, 3.63) is 75.6 Å². The number of nitrogens with zero attached hydrogens (tertiary/aromatic N) is 5. The summed E-state index contributed by atoms with van der Waals surface area (Å²) in [4.78, 5) is 28.1. The van der Waals surface area contributed by atoms with Gasteiger partial charge in [-0.25, -0.2) is 4.68 Å². The van der Waals surface area contributed by atoms with Gasteiger partial charge in [0, 0.05) is 43.6 Å². The molecule has 0 radical (unpaired) electrons. The van der Waals surface area contributed by atoms with E-state index < -0.39 is 0 Å². The molecule has 0 unspecified atom stereocenters. The van der Waals surface area contributed by atoms with E-state index in [1.54, 1.807) is 36.1 Å². The molecule has 0 bridgehead atoms. The minimum atomic E-state index is -0.389. The van der Waals surface area contributed by atoms with Gasteiger partial charge < -0.3 is 14.5 Å². The summed E-state index contributed by atoms with van der Waals surface area (Å²) in [7, 11) is 1.55. The van der Waals surface area contributed by atoms with Crippen LogP contribution in [-0.4, -0.2) is 58.8 Å². The Morgan fingerprint density at radius 3 is 2.41 bits per heavy atom. The van der Waals surface area contributed by atoms with Gasteiger partial charge in [0.1, 0.15) is 11.4 Å². The van der Waals surface area contributed by atoms with E-state index in [1.165, 1.54) is 6.07 Å². The fraction of sp³-hybridized carbons (Fsp3) is 0.304. The minimum absolute atomic E-state index is 0.00457. The molecule has 2 heterocycles. The standard InChI is InChI=1S/C23H25N5O4/c1-16-14-17(2)27(24-16)21-15-18(8-9-20(21)28(30)31)25-10-12-26(13-11-25)23(29)19-6-4-5-7-22(19)32-3/h4-9,14-15H,10-13H2,1-3H3. The summed E-state index contributed by atoms with van der Waals surface area (Å²) in [5, 5.41) is 16.0. The number of ether oxygens (including phenoxy) is 1. The number of rotatable bonds is 5. The Bertz CT molecular complexity index is 1160. The van der Waals surface area contributed by atoms with Gasteiger partial charge in [-0.05, 0) is 44.2 Å². The second kappa shape index (κ2) is 8.70. The van der Waals surface area contributed by atoms with Crippen molar-refractivity contribution >= 4 is 17.3 Å². The fourth-order valence-corrected chi connectivity index (χ4v) is 4.06. The van der Waals surface area contributed by atoms with Crippen LogP contribution in [0.4, 0.5) is 11.4 Å². The quantitative estimate of drug-likeness (QED) is 0.451. The third-order valence-electron chi connectivity index (χ3n) is 5.66. The molecule has 3 aromatic rings. The van der Waals surface area contributed by atoms with Gasteiger partial charge in [0.2, 0.25) is 0 Å². The fourth-order valence-electron chi connectivity index (χ4n) is 4.06. The van der Waals surface area contributed by atoms with Crippen molar-refractivity contribution in [2.75, 3.05) is 38.2 Å². The molecule has 1 amide bonds. The van der Waals surface area contributed by atoms with E-state index >= 15 is 0 Å². The summed E-state index contributed by atoms with van der Waals surface area (Å²) in [6.07, 6.45) is 0. The van der Waals surface area contributed by atoms with Crippen molar-refractivity contribution in [2.45, 2.75) is 13.8 Å². The lowest BCUT2D eigenvalue weighted by atomic mass is 10.1. The van der Waals surface area contributed by atoms with E-state index in [4.69, 9.17) is 4.74 Å². The lowest BCUT2D eigenvalue weighted by molar-refractivity contribution is -0.384. The number of methoxy groups -OCH3 is 1. The Morgan fingerprint density at radius 1 is 1.06 bits per heavy atom. The topological polar surface area (TPSA) is 93.7 Å². The first-order valence-electron chi connectivity index (χ1n) is 10.4. The molecule has 9 nitrogen and oxygen atoms in total. The van der Waals surface area contributed by atoms with Crippen LogP contribution in [0.1, 0.15) is 21.7 Å². The van der Waals surface area contributed by atoms with Gasteiger partial charge in [-0.15, -0.1) is 0 Å². The van der Waals surface area contributed by atoms with Gasteiger partial charge in [-0.2, -0.15) is 5.10 Å². The molecule has 1 aromatic heterocycles. The molecule has 9 heteroatoms. The van der Waals surface area contributed by atoms with E-state index in [1.807, 2.05) is 36.9 Å². The van der Waals surface area contributed by atoms with Crippen LogP contribution in [0.15, 0.2) is 48.5 Å². The van der Waals surface area contributed by atoms with Crippen molar-refractivity contribution in [1.82, 2.24) is 14.7 Å². The minimum Gasteiger partial charge on any atom is -0.496 e. The monoisotopic (exact) mass is 435 g/mol. The number of anilines is 1. The Morgan fingerprint density at radius 2 is 1.78 bits per heavy atom. The highest BCUT2D eigenvalue weighted by Crippen LogP contribution is 2.30. The number of aromatic nitrogens is 2. The maximum absolute atomic E-state index is 13.0. The smallest absolute Gasteiger partial charge is 0.295 e. The number of carbonyl (C=O) groups excluding carboxylic acids is 1. The lowest BCUT2D eigenvalue weighted by Crippen LogP contribution is -2.48. The van der Waals surface area contributed by atoms with E-state index in [0.29, 0.717) is 43.2 Å². The van der Waals surface area contributed by atoms with Gasteiger partial charge in [-0.3, -0.25) is 14.9 Å². The molecule has 32 heavy (non-hydrogen) atoms. The molecule has 1 saturated heterocycles. The number of hydrogen-bond donors (Lipinski definition) is 0. The normalized spacial score (nSPS) is 13.8. The zero-order valence-electron chi connectivity index (χ0n) is 18.3. The predicted molar refractivity (Wildman–Crippen MR) is 121 cm³/mol. The van der Waals surface area contributed by atoms with E-state index in [2.05, 4.69) is 10.00 Å². The average molecular weight is 435 g/mol. The van der Waals surface area contributed by atoms with Crippen LogP contribution in [0.2, 0.25) is 0 Å². The van der Waals surface area contributed by atoms with Crippen LogP contribution in [0.25, 0.3) is 5.69 Å². The third kappa shape index (κ3) is 4.01. The van der Waals surface area contributed by atoms with Crippen molar-refractivity contribution in [3.63, 3.8) is 0 Å². The molecule has 0 spiro atoms. The molecular formula is C23H25N5O4. The van der Waals surface area contributed by atoms with Gasteiger partial charge in [-0.1, -0.05) is 12.1 Å². The third-order valence-corrected chi connectivity index (χ3v) is 5.66. The zero-order valence-corrected chi connectivity index (χ0v) is 18.3. The number of nitro benzene ring substituents is 1. The van der Waals surface area contributed by atoms with Crippen molar-refractivity contribution in [1.29, 1.82) is 0 Å². The molecule has 0 N–H and O–H groups in total. The Balaban J connectivity index is 1.55. The Labute approximate surface area is 186 Å². The van der Waals surface area contributed by atoms with Crippen LogP contribution < -0.4 is 9.64 Å². The number of hydrogen-bond acceptors (Lipinski definition) is 6. The second-order valence-electron chi connectivity index (χ2n) is 7.75. The molecule has 0 saturated carbocycles. The van der Waals surface area contributed by atoms with Crippen LogP contribution in [0.3, 0.4) is 0 Å². The maximum atomic E-state index is 13.0. The van der Waals surface area contributed by atoms with Gasteiger partial charge >= 0.3 is 0 Å².